The number of carbonyl (C=O) groups excluding carboxylic acids is 2. The summed E-state index contributed by atoms with van der Waals surface area (Å²) in [7, 11) is 3.20. The topological polar surface area (TPSA) is 102 Å². The number of carbonyl (C=O) groups is 2. The molecule has 1 aliphatic rings. The van der Waals surface area contributed by atoms with Crippen molar-refractivity contribution in [2.24, 2.45) is 0 Å². The molecule has 2 N–H and O–H groups in total. The summed E-state index contributed by atoms with van der Waals surface area (Å²) in [4.78, 5) is 31.2. The standard InChI is InChI=1S/C22H30N4O5S/c1-29-13-11-26(10-9-20(27)23-14-18-4-3-12-31-18)21(28)19-15-32-22(25-19)24-16-5-7-17(30-2)8-6-16/h5-8,15,18H,3-4,9-14H2,1-2H3,(H,23,27)(H,24,25)/t18-/m1/s1. The van der Waals surface area contributed by atoms with Gasteiger partial charge >= 0.3 is 0 Å². The lowest BCUT2D eigenvalue weighted by molar-refractivity contribution is -0.121. The normalized spacial score (nSPS) is 15.4. The van der Waals surface area contributed by atoms with E-state index in [1.165, 1.54) is 11.3 Å². The molecule has 1 aromatic heterocycles. The van der Waals surface area contributed by atoms with Crippen LogP contribution >= 0.6 is 11.3 Å². The van der Waals surface area contributed by atoms with Crippen molar-refractivity contribution in [3.63, 3.8) is 0 Å². The fourth-order valence-corrected chi connectivity index (χ4v) is 3.97. The quantitative estimate of drug-likeness (QED) is 0.500. The molecule has 0 unspecified atom stereocenters. The van der Waals surface area contributed by atoms with E-state index in [4.69, 9.17) is 14.2 Å². The molecule has 2 heterocycles. The van der Waals surface area contributed by atoms with Crippen molar-refractivity contribution in [3.05, 3.63) is 35.3 Å². The predicted octanol–water partition coefficient (Wildman–Crippen LogP) is 2.67. The maximum Gasteiger partial charge on any atom is 0.273 e. The minimum Gasteiger partial charge on any atom is -0.497 e. The van der Waals surface area contributed by atoms with Crippen LogP contribution in [0.25, 0.3) is 0 Å². The highest BCUT2D eigenvalue weighted by molar-refractivity contribution is 7.14. The lowest BCUT2D eigenvalue weighted by Crippen LogP contribution is -2.38. The number of aromatic nitrogens is 1. The van der Waals surface area contributed by atoms with Crippen molar-refractivity contribution in [3.8, 4) is 5.75 Å². The molecule has 0 aliphatic carbocycles. The van der Waals surface area contributed by atoms with Crippen LogP contribution in [0.2, 0.25) is 0 Å². The largest absolute Gasteiger partial charge is 0.497 e. The maximum absolute atomic E-state index is 13.0. The molecular weight excluding hydrogens is 432 g/mol. The lowest BCUT2D eigenvalue weighted by Gasteiger charge is -2.21. The Kier molecular flexibility index (Phi) is 9.27. The van der Waals surface area contributed by atoms with Crippen LogP contribution < -0.4 is 15.4 Å². The minimum absolute atomic E-state index is 0.0943. The molecule has 9 nitrogen and oxygen atoms in total. The molecule has 1 aliphatic heterocycles. The third-order valence-corrected chi connectivity index (χ3v) is 5.83. The number of hydrogen-bond donors (Lipinski definition) is 2. The van der Waals surface area contributed by atoms with Gasteiger partial charge in [-0.3, -0.25) is 9.59 Å². The first-order chi connectivity index (χ1) is 15.6. The van der Waals surface area contributed by atoms with Gasteiger partial charge in [-0.05, 0) is 37.1 Å². The number of nitrogens with one attached hydrogen (secondary N) is 2. The maximum atomic E-state index is 13.0. The van der Waals surface area contributed by atoms with Crippen molar-refractivity contribution < 1.29 is 23.8 Å². The van der Waals surface area contributed by atoms with Crippen molar-refractivity contribution in [2.45, 2.75) is 25.4 Å². The van der Waals surface area contributed by atoms with Gasteiger partial charge in [0.15, 0.2) is 5.13 Å². The molecule has 2 amide bonds. The molecule has 1 atom stereocenters. The number of benzene rings is 1. The summed E-state index contributed by atoms with van der Waals surface area (Å²) < 4.78 is 15.8. The second-order valence-corrected chi connectivity index (χ2v) is 8.22. The third kappa shape index (κ3) is 7.18. The Morgan fingerprint density at radius 3 is 2.75 bits per heavy atom. The zero-order valence-electron chi connectivity index (χ0n) is 18.5. The van der Waals surface area contributed by atoms with E-state index in [9.17, 15) is 9.59 Å². The smallest absolute Gasteiger partial charge is 0.273 e. The number of ether oxygens (including phenoxy) is 3. The molecule has 32 heavy (non-hydrogen) atoms. The van der Waals surface area contributed by atoms with E-state index in [1.54, 1.807) is 24.5 Å². The highest BCUT2D eigenvalue weighted by atomic mass is 32.1. The zero-order valence-corrected chi connectivity index (χ0v) is 19.3. The van der Waals surface area contributed by atoms with Gasteiger partial charge in [0.25, 0.3) is 5.91 Å². The molecule has 3 rings (SSSR count). The molecule has 0 radical (unpaired) electrons. The zero-order chi connectivity index (χ0) is 22.8. The van der Waals surface area contributed by atoms with Gasteiger partial charge in [-0.15, -0.1) is 11.3 Å². The van der Waals surface area contributed by atoms with Crippen LogP contribution in [-0.2, 0) is 14.3 Å². The van der Waals surface area contributed by atoms with E-state index in [1.807, 2.05) is 24.3 Å². The fourth-order valence-electron chi connectivity index (χ4n) is 3.26. The summed E-state index contributed by atoms with van der Waals surface area (Å²) in [6, 6.07) is 7.44. The van der Waals surface area contributed by atoms with E-state index >= 15 is 0 Å². The molecule has 0 bridgehead atoms. The molecule has 0 saturated carbocycles. The lowest BCUT2D eigenvalue weighted by atomic mass is 10.2. The molecule has 1 aromatic carbocycles. The van der Waals surface area contributed by atoms with Crippen LogP contribution in [0.15, 0.2) is 29.6 Å². The average Bonchev–Trinajstić information content (AvgIpc) is 3.50. The Morgan fingerprint density at radius 1 is 1.25 bits per heavy atom. The van der Waals surface area contributed by atoms with E-state index in [0.29, 0.717) is 30.5 Å². The van der Waals surface area contributed by atoms with Crippen LogP contribution in [0.1, 0.15) is 29.8 Å². The fraction of sp³-hybridized carbons (Fsp3) is 0.500. The number of methoxy groups -OCH3 is 2. The first-order valence-corrected chi connectivity index (χ1v) is 11.5. The monoisotopic (exact) mass is 462 g/mol. The van der Waals surface area contributed by atoms with Gasteiger partial charge in [-0.1, -0.05) is 0 Å². The number of rotatable bonds is 12. The van der Waals surface area contributed by atoms with Gasteiger partial charge in [0.05, 0.1) is 19.8 Å². The number of thiazole rings is 1. The van der Waals surface area contributed by atoms with E-state index in [-0.39, 0.29) is 30.9 Å². The van der Waals surface area contributed by atoms with Gasteiger partial charge in [-0.2, -0.15) is 0 Å². The van der Waals surface area contributed by atoms with Crippen molar-refractivity contribution >= 4 is 34.0 Å². The summed E-state index contributed by atoms with van der Waals surface area (Å²) in [6.45, 7) is 2.32. The van der Waals surface area contributed by atoms with Crippen LogP contribution in [0.5, 0.6) is 5.75 Å². The molecule has 0 spiro atoms. The van der Waals surface area contributed by atoms with Gasteiger partial charge in [0.2, 0.25) is 5.91 Å². The number of anilines is 2. The van der Waals surface area contributed by atoms with Crippen molar-refractivity contribution in [2.75, 3.05) is 52.4 Å². The van der Waals surface area contributed by atoms with Crippen molar-refractivity contribution in [1.82, 2.24) is 15.2 Å². The molecule has 1 fully saturated rings. The second-order valence-electron chi connectivity index (χ2n) is 7.37. The summed E-state index contributed by atoms with van der Waals surface area (Å²) >= 11 is 1.35. The Hall–Kier alpha value is -2.69. The average molecular weight is 463 g/mol. The van der Waals surface area contributed by atoms with Gasteiger partial charge < -0.3 is 29.7 Å². The second kappa shape index (κ2) is 12.4. The molecular formula is C22H30N4O5S. The van der Waals surface area contributed by atoms with Crippen LogP contribution in [0.3, 0.4) is 0 Å². The Balaban J connectivity index is 1.54. The van der Waals surface area contributed by atoms with Crippen LogP contribution in [0.4, 0.5) is 10.8 Å². The van der Waals surface area contributed by atoms with E-state index in [2.05, 4.69) is 15.6 Å². The minimum atomic E-state index is -0.229. The van der Waals surface area contributed by atoms with Gasteiger partial charge in [-0.25, -0.2) is 4.98 Å². The van der Waals surface area contributed by atoms with Crippen molar-refractivity contribution in [1.29, 1.82) is 0 Å². The Labute approximate surface area is 192 Å². The summed E-state index contributed by atoms with van der Waals surface area (Å²) in [6.07, 6.45) is 2.30. The van der Waals surface area contributed by atoms with E-state index in [0.717, 1.165) is 30.9 Å². The molecule has 1 saturated heterocycles. The number of amides is 2. The summed E-state index contributed by atoms with van der Waals surface area (Å²) in [5, 5.41) is 8.40. The molecule has 174 valence electrons. The Bertz CT molecular complexity index is 867. The predicted molar refractivity (Wildman–Crippen MR) is 123 cm³/mol. The highest BCUT2D eigenvalue weighted by Gasteiger charge is 2.21. The molecule has 2 aromatic rings. The summed E-state index contributed by atoms with van der Waals surface area (Å²) in [5.74, 6) is 0.433. The first-order valence-electron chi connectivity index (χ1n) is 10.6. The highest BCUT2D eigenvalue weighted by Crippen LogP contribution is 2.23. The SMILES string of the molecule is COCCN(CCC(=O)NC[C@H]1CCCO1)C(=O)c1csc(Nc2ccc(OC)cc2)n1. The number of nitrogens with zero attached hydrogens (tertiary/aromatic N) is 2. The first kappa shape index (κ1) is 24.0. The molecule has 10 heteroatoms. The van der Waals surface area contributed by atoms with Gasteiger partial charge in [0, 0.05) is 50.8 Å². The van der Waals surface area contributed by atoms with E-state index < -0.39 is 0 Å². The van der Waals surface area contributed by atoms with Gasteiger partial charge in [0.1, 0.15) is 11.4 Å². The Morgan fingerprint density at radius 2 is 2.06 bits per heavy atom. The number of hydrogen-bond acceptors (Lipinski definition) is 8. The van der Waals surface area contributed by atoms with Crippen LogP contribution in [0, 0.1) is 0 Å². The third-order valence-electron chi connectivity index (χ3n) is 5.08. The summed E-state index contributed by atoms with van der Waals surface area (Å²) in [5.41, 5.74) is 1.18. The van der Waals surface area contributed by atoms with Crippen LogP contribution in [-0.4, -0.2) is 74.9 Å².